The summed E-state index contributed by atoms with van der Waals surface area (Å²) in [6, 6.07) is 2.26. The van der Waals surface area contributed by atoms with E-state index in [1.54, 1.807) is 0 Å². The van der Waals surface area contributed by atoms with Crippen molar-refractivity contribution < 1.29 is 17.9 Å². The van der Waals surface area contributed by atoms with Gasteiger partial charge in [-0.15, -0.1) is 0 Å². The van der Waals surface area contributed by atoms with Gasteiger partial charge in [0.2, 0.25) is 9.05 Å². The summed E-state index contributed by atoms with van der Waals surface area (Å²) in [7, 11) is 1.36. The van der Waals surface area contributed by atoms with Gasteiger partial charge in [0.05, 0.1) is 5.75 Å². The number of hydrogen-bond donors (Lipinski definition) is 1. The van der Waals surface area contributed by atoms with Crippen molar-refractivity contribution >= 4 is 31.3 Å². The smallest absolute Gasteiger partial charge is 0.232 e. The van der Waals surface area contributed by atoms with Gasteiger partial charge < -0.3 is 5.11 Å². The highest BCUT2D eigenvalue weighted by atomic mass is 35.7. The number of phenols is 1. The van der Waals surface area contributed by atoms with E-state index in [1.807, 2.05) is 0 Å². The molecule has 1 rings (SSSR count). The minimum Gasteiger partial charge on any atom is -0.506 e. The first-order valence-electron chi connectivity index (χ1n) is 3.89. The van der Waals surface area contributed by atoms with Crippen LogP contribution in [0.1, 0.15) is 5.56 Å². The second-order valence-electron chi connectivity index (χ2n) is 2.90. The zero-order valence-corrected chi connectivity index (χ0v) is 9.70. The average molecular weight is 273 g/mol. The molecule has 0 aliphatic rings. The molecule has 0 atom stereocenters. The summed E-state index contributed by atoms with van der Waals surface area (Å²) >= 11 is 5.37. The minimum absolute atomic E-state index is 0.0213. The lowest BCUT2D eigenvalue weighted by molar-refractivity contribution is 0.468. The van der Waals surface area contributed by atoms with Gasteiger partial charge in [-0.2, -0.15) is 0 Å². The molecule has 0 fully saturated rings. The topological polar surface area (TPSA) is 54.4 Å². The van der Waals surface area contributed by atoms with Gasteiger partial charge in [0.1, 0.15) is 16.6 Å². The van der Waals surface area contributed by atoms with Crippen LogP contribution < -0.4 is 0 Å². The van der Waals surface area contributed by atoms with Crippen LogP contribution in [0.5, 0.6) is 5.75 Å². The van der Waals surface area contributed by atoms with E-state index >= 15 is 0 Å². The molecule has 3 nitrogen and oxygen atoms in total. The Morgan fingerprint density at radius 1 is 1.40 bits per heavy atom. The van der Waals surface area contributed by atoms with E-state index in [2.05, 4.69) is 0 Å². The molecule has 1 aromatic rings. The molecule has 0 aliphatic carbocycles. The van der Waals surface area contributed by atoms with Gasteiger partial charge in [-0.1, -0.05) is 11.6 Å². The Bertz CT molecular complexity index is 450. The Balaban J connectivity index is 2.89. The largest absolute Gasteiger partial charge is 0.506 e. The minimum atomic E-state index is -3.62. The molecule has 84 valence electrons. The van der Waals surface area contributed by atoms with Crippen LogP contribution in [-0.4, -0.2) is 19.3 Å². The van der Waals surface area contributed by atoms with E-state index in [4.69, 9.17) is 27.4 Å². The SMILES string of the molecule is O=S(=O)(Cl)CCc1cc(O)c(Cl)c(F)c1. The molecular weight excluding hydrogens is 266 g/mol. The standard InChI is InChI=1S/C8H7Cl2FO3S/c9-8-6(11)3-5(4-7(8)12)1-2-15(10,13)14/h3-4,12H,1-2H2. The van der Waals surface area contributed by atoms with Crippen LogP contribution in [0.15, 0.2) is 12.1 Å². The molecule has 7 heteroatoms. The molecular formula is C8H7Cl2FO3S. The summed E-state index contributed by atoms with van der Waals surface area (Å²) in [5, 5.41) is 8.77. The Morgan fingerprint density at radius 3 is 2.47 bits per heavy atom. The molecule has 0 saturated heterocycles. The summed E-state index contributed by atoms with van der Waals surface area (Å²) in [5.74, 6) is -1.54. The highest BCUT2D eigenvalue weighted by molar-refractivity contribution is 8.13. The first-order valence-corrected chi connectivity index (χ1v) is 6.74. The van der Waals surface area contributed by atoms with Crippen molar-refractivity contribution in [1.82, 2.24) is 0 Å². The molecule has 0 saturated carbocycles. The molecule has 0 unspecified atom stereocenters. The molecule has 0 spiro atoms. The van der Waals surface area contributed by atoms with Gasteiger partial charge in [-0.25, -0.2) is 12.8 Å². The number of aryl methyl sites for hydroxylation is 1. The number of halogens is 3. The zero-order chi connectivity index (χ0) is 11.6. The number of rotatable bonds is 3. The maximum Gasteiger partial charge on any atom is 0.232 e. The van der Waals surface area contributed by atoms with E-state index < -0.39 is 20.6 Å². The maximum absolute atomic E-state index is 13.0. The first kappa shape index (κ1) is 12.5. The Labute approximate surface area is 95.9 Å². The van der Waals surface area contributed by atoms with E-state index in [0.29, 0.717) is 5.56 Å². The van der Waals surface area contributed by atoms with E-state index in [0.717, 1.165) is 6.07 Å². The maximum atomic E-state index is 13.0. The molecule has 1 N–H and O–H groups in total. The molecule has 0 radical (unpaired) electrons. The van der Waals surface area contributed by atoms with Gasteiger partial charge in [-0.3, -0.25) is 0 Å². The summed E-state index contributed by atoms with van der Waals surface area (Å²) in [6.07, 6.45) is 0.0213. The summed E-state index contributed by atoms with van der Waals surface area (Å²) in [6.45, 7) is 0. The number of benzene rings is 1. The summed E-state index contributed by atoms with van der Waals surface area (Å²) < 4.78 is 34.2. The highest BCUT2D eigenvalue weighted by Gasteiger charge is 2.10. The normalized spacial score (nSPS) is 11.7. The Morgan fingerprint density at radius 2 is 2.00 bits per heavy atom. The lowest BCUT2D eigenvalue weighted by atomic mass is 10.1. The number of phenolic OH excluding ortho intramolecular Hbond substituents is 1. The number of hydrogen-bond acceptors (Lipinski definition) is 3. The van der Waals surface area contributed by atoms with Gasteiger partial charge in [0, 0.05) is 10.7 Å². The first-order chi connectivity index (χ1) is 6.79. The van der Waals surface area contributed by atoms with Crippen LogP contribution in [0.2, 0.25) is 5.02 Å². The van der Waals surface area contributed by atoms with E-state index in [1.165, 1.54) is 6.07 Å². The molecule has 0 aromatic heterocycles. The fourth-order valence-electron chi connectivity index (χ4n) is 1.01. The van der Waals surface area contributed by atoms with Crippen LogP contribution in [0.25, 0.3) is 0 Å². The monoisotopic (exact) mass is 272 g/mol. The van der Waals surface area contributed by atoms with Gasteiger partial charge >= 0.3 is 0 Å². The quantitative estimate of drug-likeness (QED) is 0.860. The van der Waals surface area contributed by atoms with Crippen LogP contribution in [0, 0.1) is 5.82 Å². The van der Waals surface area contributed by atoms with Crippen LogP contribution in [0.3, 0.4) is 0 Å². The Kier molecular flexibility index (Phi) is 3.81. The lowest BCUT2D eigenvalue weighted by Crippen LogP contribution is -2.01. The zero-order valence-electron chi connectivity index (χ0n) is 7.37. The van der Waals surface area contributed by atoms with Gasteiger partial charge in [0.15, 0.2) is 0 Å². The third-order valence-electron chi connectivity index (χ3n) is 1.70. The van der Waals surface area contributed by atoms with Crippen molar-refractivity contribution in [3.8, 4) is 5.75 Å². The van der Waals surface area contributed by atoms with Crippen molar-refractivity contribution in [3.05, 3.63) is 28.5 Å². The lowest BCUT2D eigenvalue weighted by Gasteiger charge is -2.03. The molecule has 0 heterocycles. The van der Waals surface area contributed by atoms with Crippen molar-refractivity contribution in [1.29, 1.82) is 0 Å². The molecule has 0 bridgehead atoms. The predicted molar refractivity (Wildman–Crippen MR) is 56.4 cm³/mol. The van der Waals surface area contributed by atoms with Crippen LogP contribution >= 0.6 is 22.3 Å². The van der Waals surface area contributed by atoms with Gasteiger partial charge in [0.25, 0.3) is 0 Å². The summed E-state index contributed by atoms with van der Waals surface area (Å²) in [4.78, 5) is 0. The molecule has 15 heavy (non-hydrogen) atoms. The van der Waals surface area contributed by atoms with Crippen molar-refractivity contribution in [3.63, 3.8) is 0 Å². The van der Waals surface area contributed by atoms with Crippen molar-refractivity contribution in [2.24, 2.45) is 0 Å². The van der Waals surface area contributed by atoms with E-state index in [9.17, 15) is 12.8 Å². The average Bonchev–Trinajstić information content (AvgIpc) is 2.09. The molecule has 0 aliphatic heterocycles. The highest BCUT2D eigenvalue weighted by Crippen LogP contribution is 2.27. The van der Waals surface area contributed by atoms with Gasteiger partial charge in [-0.05, 0) is 24.1 Å². The van der Waals surface area contributed by atoms with Crippen LogP contribution in [0.4, 0.5) is 4.39 Å². The van der Waals surface area contributed by atoms with E-state index in [-0.39, 0.29) is 17.2 Å². The third-order valence-corrected chi connectivity index (χ3v) is 3.23. The second-order valence-corrected chi connectivity index (χ2v) is 6.18. The molecule has 0 amide bonds. The second kappa shape index (κ2) is 4.55. The Hall–Kier alpha value is -0.520. The van der Waals surface area contributed by atoms with Crippen molar-refractivity contribution in [2.75, 3.05) is 5.75 Å². The molecule has 1 aromatic carbocycles. The van der Waals surface area contributed by atoms with Crippen molar-refractivity contribution in [2.45, 2.75) is 6.42 Å². The van der Waals surface area contributed by atoms with Crippen LogP contribution in [-0.2, 0) is 15.5 Å². The predicted octanol–water partition coefficient (Wildman–Crippen LogP) is 2.30. The fraction of sp³-hybridized carbons (Fsp3) is 0.250. The fourth-order valence-corrected chi connectivity index (χ4v) is 1.83. The number of aromatic hydroxyl groups is 1. The summed E-state index contributed by atoms with van der Waals surface area (Å²) in [5.41, 5.74) is 0.318. The third kappa shape index (κ3) is 3.85.